The zero-order chi connectivity index (χ0) is 13.7. The number of amides is 1. The molecular formula is C16H17NO2. The van der Waals surface area contributed by atoms with E-state index in [1.54, 1.807) is 31.4 Å². The molecule has 2 aromatic carbocycles. The van der Waals surface area contributed by atoms with E-state index >= 15 is 0 Å². The highest BCUT2D eigenvalue weighted by Gasteiger charge is 2.08. The lowest BCUT2D eigenvalue weighted by Crippen LogP contribution is -2.13. The van der Waals surface area contributed by atoms with Gasteiger partial charge in [0.25, 0.3) is 5.91 Å². The molecule has 0 radical (unpaired) electrons. The third-order valence-corrected chi connectivity index (χ3v) is 3.00. The molecule has 0 aliphatic heterocycles. The van der Waals surface area contributed by atoms with Gasteiger partial charge in [0.05, 0.1) is 7.11 Å². The molecule has 0 saturated carbocycles. The van der Waals surface area contributed by atoms with E-state index in [9.17, 15) is 4.79 Å². The topological polar surface area (TPSA) is 38.3 Å². The fourth-order valence-corrected chi connectivity index (χ4v) is 1.89. The Bertz CT molecular complexity index is 561. The van der Waals surface area contributed by atoms with Crippen LogP contribution in [0.4, 0.5) is 5.69 Å². The van der Waals surface area contributed by atoms with Crippen molar-refractivity contribution in [3.63, 3.8) is 0 Å². The summed E-state index contributed by atoms with van der Waals surface area (Å²) in [6, 6.07) is 14.9. The van der Waals surface area contributed by atoms with Crippen LogP contribution in [0, 0.1) is 0 Å². The number of rotatable bonds is 4. The first-order chi connectivity index (χ1) is 9.24. The van der Waals surface area contributed by atoms with Crippen molar-refractivity contribution in [3.05, 3.63) is 59.7 Å². The highest BCUT2D eigenvalue weighted by Crippen LogP contribution is 2.17. The number of hydrogen-bond acceptors (Lipinski definition) is 2. The maximum absolute atomic E-state index is 12.1. The van der Waals surface area contributed by atoms with E-state index in [1.165, 1.54) is 0 Å². The van der Waals surface area contributed by atoms with Crippen LogP contribution in [0.5, 0.6) is 5.75 Å². The summed E-state index contributed by atoms with van der Waals surface area (Å²) in [6.07, 6.45) is 0.888. The maximum atomic E-state index is 12.1. The molecular weight excluding hydrogens is 238 g/mol. The monoisotopic (exact) mass is 255 g/mol. The van der Waals surface area contributed by atoms with Crippen molar-refractivity contribution in [1.29, 1.82) is 0 Å². The molecule has 0 heterocycles. The van der Waals surface area contributed by atoms with E-state index in [0.29, 0.717) is 5.56 Å². The van der Waals surface area contributed by atoms with Gasteiger partial charge in [0.15, 0.2) is 0 Å². The van der Waals surface area contributed by atoms with Gasteiger partial charge in [-0.1, -0.05) is 25.1 Å². The van der Waals surface area contributed by atoms with Gasteiger partial charge >= 0.3 is 0 Å². The van der Waals surface area contributed by atoms with Gasteiger partial charge in [-0.15, -0.1) is 0 Å². The van der Waals surface area contributed by atoms with Crippen LogP contribution in [0.25, 0.3) is 0 Å². The Balaban J connectivity index is 2.16. The summed E-state index contributed by atoms with van der Waals surface area (Å²) >= 11 is 0. The smallest absolute Gasteiger partial charge is 0.255 e. The van der Waals surface area contributed by atoms with Crippen LogP contribution in [0.1, 0.15) is 22.8 Å². The van der Waals surface area contributed by atoms with Crippen molar-refractivity contribution in [2.75, 3.05) is 12.4 Å². The number of carbonyl (C=O) groups is 1. The zero-order valence-electron chi connectivity index (χ0n) is 11.1. The average Bonchev–Trinajstić information content (AvgIpc) is 2.48. The molecule has 2 rings (SSSR count). The van der Waals surface area contributed by atoms with Crippen LogP contribution in [-0.4, -0.2) is 13.0 Å². The Morgan fingerprint density at radius 3 is 2.42 bits per heavy atom. The molecule has 0 fully saturated rings. The minimum absolute atomic E-state index is 0.108. The van der Waals surface area contributed by atoms with Crippen LogP contribution >= 0.6 is 0 Å². The van der Waals surface area contributed by atoms with Crippen molar-refractivity contribution in [2.45, 2.75) is 13.3 Å². The SMILES string of the molecule is CCc1ccccc1NC(=O)c1ccc(OC)cc1. The second-order valence-corrected chi connectivity index (χ2v) is 4.19. The number of nitrogens with one attached hydrogen (secondary N) is 1. The Hall–Kier alpha value is -2.29. The molecule has 0 aliphatic rings. The Morgan fingerprint density at radius 2 is 1.79 bits per heavy atom. The Morgan fingerprint density at radius 1 is 1.11 bits per heavy atom. The molecule has 0 spiro atoms. The Labute approximate surface area is 113 Å². The summed E-state index contributed by atoms with van der Waals surface area (Å²) in [7, 11) is 1.60. The lowest BCUT2D eigenvalue weighted by atomic mass is 10.1. The Kier molecular flexibility index (Phi) is 4.18. The molecule has 0 saturated heterocycles. The van der Waals surface area contributed by atoms with Crippen molar-refractivity contribution in [3.8, 4) is 5.75 Å². The molecule has 19 heavy (non-hydrogen) atoms. The second kappa shape index (κ2) is 6.05. The molecule has 3 nitrogen and oxygen atoms in total. The first-order valence-corrected chi connectivity index (χ1v) is 6.28. The summed E-state index contributed by atoms with van der Waals surface area (Å²) < 4.78 is 5.07. The van der Waals surface area contributed by atoms with Crippen molar-refractivity contribution in [2.24, 2.45) is 0 Å². The summed E-state index contributed by atoms with van der Waals surface area (Å²) in [4.78, 5) is 12.1. The lowest BCUT2D eigenvalue weighted by Gasteiger charge is -2.09. The van der Waals surface area contributed by atoms with Gasteiger partial charge < -0.3 is 10.1 Å². The fraction of sp³-hybridized carbons (Fsp3) is 0.188. The summed E-state index contributed by atoms with van der Waals surface area (Å²) in [5.41, 5.74) is 2.61. The van der Waals surface area contributed by atoms with Crippen LogP contribution in [0.3, 0.4) is 0 Å². The third kappa shape index (κ3) is 3.13. The molecule has 0 aliphatic carbocycles. The van der Waals surface area contributed by atoms with E-state index in [-0.39, 0.29) is 5.91 Å². The van der Waals surface area contributed by atoms with E-state index in [1.807, 2.05) is 24.3 Å². The largest absolute Gasteiger partial charge is 0.497 e. The fourth-order valence-electron chi connectivity index (χ4n) is 1.89. The predicted molar refractivity (Wildman–Crippen MR) is 76.8 cm³/mol. The normalized spacial score (nSPS) is 10.0. The number of para-hydroxylation sites is 1. The maximum Gasteiger partial charge on any atom is 0.255 e. The van der Waals surface area contributed by atoms with Crippen LogP contribution in [0.15, 0.2) is 48.5 Å². The molecule has 2 aromatic rings. The quantitative estimate of drug-likeness (QED) is 0.908. The minimum atomic E-state index is -0.108. The van der Waals surface area contributed by atoms with Gasteiger partial charge in [0.2, 0.25) is 0 Å². The highest BCUT2D eigenvalue weighted by atomic mass is 16.5. The third-order valence-electron chi connectivity index (χ3n) is 3.00. The van der Waals surface area contributed by atoms with Crippen molar-refractivity contribution < 1.29 is 9.53 Å². The number of carbonyl (C=O) groups excluding carboxylic acids is 1. The number of ether oxygens (including phenoxy) is 1. The number of benzene rings is 2. The minimum Gasteiger partial charge on any atom is -0.497 e. The van der Waals surface area contributed by atoms with Crippen LogP contribution < -0.4 is 10.1 Å². The van der Waals surface area contributed by atoms with Crippen molar-refractivity contribution >= 4 is 11.6 Å². The summed E-state index contributed by atoms with van der Waals surface area (Å²) in [5.74, 6) is 0.633. The number of hydrogen-bond donors (Lipinski definition) is 1. The van der Waals surface area contributed by atoms with E-state index in [2.05, 4.69) is 12.2 Å². The molecule has 98 valence electrons. The molecule has 0 atom stereocenters. The standard InChI is InChI=1S/C16H17NO2/c1-3-12-6-4-5-7-15(12)17-16(18)13-8-10-14(19-2)11-9-13/h4-11H,3H2,1-2H3,(H,17,18). The van der Waals surface area contributed by atoms with E-state index < -0.39 is 0 Å². The number of anilines is 1. The van der Waals surface area contributed by atoms with Gasteiger partial charge in [-0.05, 0) is 42.3 Å². The average molecular weight is 255 g/mol. The number of aryl methyl sites for hydroxylation is 1. The summed E-state index contributed by atoms with van der Waals surface area (Å²) in [5, 5.41) is 2.94. The predicted octanol–water partition coefficient (Wildman–Crippen LogP) is 3.51. The van der Waals surface area contributed by atoms with E-state index in [0.717, 1.165) is 23.4 Å². The van der Waals surface area contributed by atoms with E-state index in [4.69, 9.17) is 4.74 Å². The molecule has 3 heteroatoms. The molecule has 0 bridgehead atoms. The summed E-state index contributed by atoms with van der Waals surface area (Å²) in [6.45, 7) is 2.07. The molecule has 1 N–H and O–H groups in total. The second-order valence-electron chi connectivity index (χ2n) is 4.19. The van der Waals surface area contributed by atoms with Gasteiger partial charge in [0.1, 0.15) is 5.75 Å². The van der Waals surface area contributed by atoms with Crippen LogP contribution in [0.2, 0.25) is 0 Å². The van der Waals surface area contributed by atoms with Gasteiger partial charge in [-0.3, -0.25) is 4.79 Å². The zero-order valence-corrected chi connectivity index (χ0v) is 11.1. The highest BCUT2D eigenvalue weighted by molar-refractivity contribution is 6.04. The molecule has 0 unspecified atom stereocenters. The van der Waals surface area contributed by atoms with Gasteiger partial charge in [-0.2, -0.15) is 0 Å². The van der Waals surface area contributed by atoms with Crippen molar-refractivity contribution in [1.82, 2.24) is 0 Å². The lowest BCUT2D eigenvalue weighted by molar-refractivity contribution is 0.102. The molecule has 1 amide bonds. The first kappa shape index (κ1) is 13.1. The van der Waals surface area contributed by atoms with Gasteiger partial charge in [-0.25, -0.2) is 0 Å². The van der Waals surface area contributed by atoms with Crippen LogP contribution in [-0.2, 0) is 6.42 Å². The molecule has 0 aromatic heterocycles. The number of methoxy groups -OCH3 is 1. The first-order valence-electron chi connectivity index (χ1n) is 6.28. The van der Waals surface area contributed by atoms with Gasteiger partial charge in [0, 0.05) is 11.3 Å².